The second kappa shape index (κ2) is 30.1. The van der Waals surface area contributed by atoms with Crippen LogP contribution in [-0.4, -0.2) is 13.2 Å². The van der Waals surface area contributed by atoms with Crippen LogP contribution in [0, 0.1) is 5.41 Å². The minimum Gasteiger partial charge on any atom is -0.149 e. The number of unbranched alkanes of at least 4 members (excludes halogenated alkanes) is 24. The average Bonchev–Trinajstić information content (AvgIpc) is 3.02. The van der Waals surface area contributed by atoms with Crippen LogP contribution in [0.4, 0.5) is 0 Å². The first kappa shape index (κ1) is 41.8. The van der Waals surface area contributed by atoms with Crippen LogP contribution in [0.15, 0.2) is 24.3 Å². The van der Waals surface area contributed by atoms with E-state index in [4.69, 9.17) is 9.05 Å². The Morgan fingerprint density at radius 2 is 0.705 bits per heavy atom. The number of hydrogen-bond acceptors (Lipinski definition) is 2. The zero-order chi connectivity index (χ0) is 31.9. The fraction of sp³-hybridized carbons (Fsp3) is 0.897. The molecule has 1 saturated heterocycles. The summed E-state index contributed by atoms with van der Waals surface area (Å²) in [6, 6.07) is 0. The smallest absolute Gasteiger partial charge is 0.149 e. The standard InChI is InChI=1S/C39H74O4P/c1-3-5-7-9-11-13-15-17-19-21-23-25-27-29-31-33-35-39(37-42-44(40,41)43-38-39)36-34-32-30-28-26-24-22-20-18-16-14-12-10-8-6-4-2/h17-20H,3-16,21-38H2,1-2H3/q+1/b19-17-,20-18-. The summed E-state index contributed by atoms with van der Waals surface area (Å²) in [5.74, 6) is 0. The molecule has 0 unspecified atom stereocenters. The molecule has 258 valence electrons. The summed E-state index contributed by atoms with van der Waals surface area (Å²) in [7, 11) is -4.08. The minimum atomic E-state index is -4.08. The second-order valence-electron chi connectivity index (χ2n) is 13.9. The van der Waals surface area contributed by atoms with Gasteiger partial charge >= 0.3 is 8.17 Å². The molecular weight excluding hydrogens is 563 g/mol. The van der Waals surface area contributed by atoms with E-state index in [0.717, 1.165) is 25.7 Å². The lowest BCUT2D eigenvalue weighted by atomic mass is 9.79. The Balaban J connectivity index is 2.05. The summed E-state index contributed by atoms with van der Waals surface area (Å²) in [6.45, 7) is 5.17. The molecule has 0 aromatic heterocycles. The van der Waals surface area contributed by atoms with E-state index in [0.29, 0.717) is 13.2 Å². The Kier molecular flexibility index (Phi) is 28.6. The van der Waals surface area contributed by atoms with Crippen LogP contribution in [-0.2, 0) is 18.8 Å². The lowest BCUT2D eigenvalue weighted by Crippen LogP contribution is -2.36. The van der Waals surface area contributed by atoms with Gasteiger partial charge in [0, 0.05) is 5.41 Å². The van der Waals surface area contributed by atoms with Crippen molar-refractivity contribution in [2.75, 3.05) is 13.2 Å². The van der Waals surface area contributed by atoms with E-state index in [1.54, 1.807) is 0 Å². The predicted octanol–water partition coefficient (Wildman–Crippen LogP) is 14.4. The zero-order valence-corrected chi connectivity index (χ0v) is 30.4. The third-order valence-corrected chi connectivity index (χ3v) is 10.4. The van der Waals surface area contributed by atoms with Gasteiger partial charge in [0.25, 0.3) is 0 Å². The highest BCUT2D eigenvalue weighted by atomic mass is 31.2. The summed E-state index contributed by atoms with van der Waals surface area (Å²) >= 11 is 0. The molecular formula is C39H74O4P+. The maximum Gasteiger partial charge on any atom is 0.645 e. The van der Waals surface area contributed by atoms with Crippen molar-refractivity contribution in [3.63, 3.8) is 0 Å². The first-order valence-electron chi connectivity index (χ1n) is 19.4. The van der Waals surface area contributed by atoms with Gasteiger partial charge in [-0.05, 0) is 64.2 Å². The van der Waals surface area contributed by atoms with Crippen molar-refractivity contribution in [1.29, 1.82) is 0 Å². The summed E-state index contributed by atoms with van der Waals surface area (Å²) in [4.78, 5) is 23.5. The van der Waals surface area contributed by atoms with Gasteiger partial charge in [-0.2, -0.15) is 0 Å². The summed E-state index contributed by atoms with van der Waals surface area (Å²) in [5.41, 5.74) is -0.125. The van der Waals surface area contributed by atoms with Gasteiger partial charge in [-0.15, -0.1) is 9.05 Å². The van der Waals surface area contributed by atoms with Crippen LogP contribution >= 0.6 is 8.17 Å². The molecule has 5 heteroatoms. The zero-order valence-electron chi connectivity index (χ0n) is 29.5. The third-order valence-electron chi connectivity index (χ3n) is 9.50. The average molecular weight is 638 g/mol. The van der Waals surface area contributed by atoms with Crippen LogP contribution in [0.5, 0.6) is 0 Å². The molecule has 0 atom stereocenters. The number of hydrogen-bond donors (Lipinski definition) is 0. The molecule has 1 aliphatic rings. The molecule has 0 spiro atoms. The third kappa shape index (κ3) is 25.9. The molecule has 0 bridgehead atoms. The molecule has 4 nitrogen and oxygen atoms in total. The highest BCUT2D eigenvalue weighted by molar-refractivity contribution is 7.53. The Morgan fingerprint density at radius 1 is 0.432 bits per heavy atom. The lowest BCUT2D eigenvalue weighted by Gasteiger charge is -2.34. The van der Waals surface area contributed by atoms with E-state index in [9.17, 15) is 9.79 Å². The van der Waals surface area contributed by atoms with E-state index < -0.39 is 8.17 Å². The SMILES string of the molecule is CCCCCCCC/C=C\CCCCCCCCC1(CCCCCCCC/C=C\CCCCCCCC)CO[P+]([O])([O])OC1. The highest BCUT2D eigenvalue weighted by Gasteiger charge is 2.55. The van der Waals surface area contributed by atoms with Gasteiger partial charge < -0.3 is 0 Å². The maximum atomic E-state index is 11.8. The van der Waals surface area contributed by atoms with Crippen LogP contribution in [0.3, 0.4) is 0 Å². The van der Waals surface area contributed by atoms with Gasteiger partial charge in [0.15, 0.2) is 0 Å². The van der Waals surface area contributed by atoms with Crippen molar-refractivity contribution in [3.8, 4) is 0 Å². The predicted molar refractivity (Wildman–Crippen MR) is 191 cm³/mol. The molecule has 0 aliphatic carbocycles. The van der Waals surface area contributed by atoms with Gasteiger partial charge in [0.05, 0.1) is 9.79 Å². The maximum absolute atomic E-state index is 11.8. The first-order valence-corrected chi connectivity index (χ1v) is 20.9. The van der Waals surface area contributed by atoms with Crippen molar-refractivity contribution in [3.05, 3.63) is 24.3 Å². The molecule has 0 N–H and O–H groups in total. The van der Waals surface area contributed by atoms with Gasteiger partial charge in [-0.3, -0.25) is 0 Å². The van der Waals surface area contributed by atoms with Crippen molar-refractivity contribution >= 4 is 8.17 Å². The molecule has 1 aliphatic heterocycles. The summed E-state index contributed by atoms with van der Waals surface area (Å²) in [5, 5.41) is 0. The Bertz CT molecular complexity index is 609. The number of allylic oxidation sites excluding steroid dienone is 4. The van der Waals surface area contributed by atoms with E-state index in [2.05, 4.69) is 38.2 Å². The molecule has 1 heterocycles. The van der Waals surface area contributed by atoms with Crippen LogP contribution in [0.1, 0.15) is 206 Å². The van der Waals surface area contributed by atoms with Gasteiger partial charge in [-0.25, -0.2) is 0 Å². The van der Waals surface area contributed by atoms with Crippen molar-refractivity contribution in [2.24, 2.45) is 5.41 Å². The normalized spacial score (nSPS) is 16.5. The van der Waals surface area contributed by atoms with Crippen molar-refractivity contribution < 1.29 is 18.8 Å². The van der Waals surface area contributed by atoms with Crippen LogP contribution in [0.25, 0.3) is 0 Å². The largest absolute Gasteiger partial charge is 0.645 e. The quantitative estimate of drug-likeness (QED) is 0.0418. The minimum absolute atomic E-state index is 0.125. The van der Waals surface area contributed by atoms with Crippen molar-refractivity contribution in [1.82, 2.24) is 0 Å². The Morgan fingerprint density at radius 3 is 1.02 bits per heavy atom. The van der Waals surface area contributed by atoms with E-state index in [1.165, 1.54) is 167 Å². The summed E-state index contributed by atoms with van der Waals surface area (Å²) < 4.78 is 10.4. The van der Waals surface area contributed by atoms with Crippen LogP contribution < -0.4 is 0 Å². The molecule has 1 fully saturated rings. The molecule has 0 amide bonds. The highest BCUT2D eigenvalue weighted by Crippen LogP contribution is 2.60. The van der Waals surface area contributed by atoms with E-state index >= 15 is 0 Å². The van der Waals surface area contributed by atoms with Gasteiger partial charge in [0.2, 0.25) is 0 Å². The molecule has 1 rings (SSSR count). The molecule has 0 aromatic carbocycles. The van der Waals surface area contributed by atoms with Gasteiger partial charge in [0.1, 0.15) is 13.2 Å². The van der Waals surface area contributed by atoms with Crippen molar-refractivity contribution in [2.45, 2.75) is 206 Å². The molecule has 0 aromatic rings. The molecule has 0 saturated carbocycles. The topological polar surface area (TPSA) is 58.3 Å². The fourth-order valence-corrected chi connectivity index (χ4v) is 7.36. The first-order chi connectivity index (χ1) is 21.5. The van der Waals surface area contributed by atoms with Crippen LogP contribution in [0.2, 0.25) is 0 Å². The molecule has 2 radical (unpaired) electrons. The molecule has 44 heavy (non-hydrogen) atoms. The Hall–Kier alpha value is -0.250. The number of rotatable bonds is 32. The summed E-state index contributed by atoms with van der Waals surface area (Å²) in [6.07, 6.45) is 48.2. The second-order valence-corrected chi connectivity index (χ2v) is 15.3. The van der Waals surface area contributed by atoms with Gasteiger partial charge in [-0.1, -0.05) is 167 Å². The Labute approximate surface area is 275 Å². The van der Waals surface area contributed by atoms with E-state index in [-0.39, 0.29) is 5.41 Å². The van der Waals surface area contributed by atoms with E-state index in [1.807, 2.05) is 0 Å². The lowest BCUT2D eigenvalue weighted by molar-refractivity contribution is -0.0518. The fourth-order valence-electron chi connectivity index (χ4n) is 6.42. The monoisotopic (exact) mass is 638 g/mol.